The summed E-state index contributed by atoms with van der Waals surface area (Å²) in [6.45, 7) is 2.39. The van der Waals surface area contributed by atoms with Crippen molar-refractivity contribution in [2.75, 3.05) is 6.61 Å². The minimum absolute atomic E-state index is 0.00178. The Balaban J connectivity index is 2.22. The fourth-order valence-electron chi connectivity index (χ4n) is 2.20. The van der Waals surface area contributed by atoms with Gasteiger partial charge in [0.2, 0.25) is 0 Å². The van der Waals surface area contributed by atoms with Crippen molar-refractivity contribution in [1.82, 2.24) is 0 Å². The van der Waals surface area contributed by atoms with E-state index >= 15 is 0 Å². The van der Waals surface area contributed by atoms with E-state index in [9.17, 15) is 4.79 Å². The lowest BCUT2D eigenvalue weighted by Gasteiger charge is -2.18. The van der Waals surface area contributed by atoms with Crippen LogP contribution in [0.2, 0.25) is 0 Å². The Kier molecular flexibility index (Phi) is 5.65. The molecule has 0 saturated heterocycles. The molecule has 0 aromatic rings. The molecule has 0 aliphatic heterocycles. The van der Waals surface area contributed by atoms with Gasteiger partial charge < -0.3 is 4.74 Å². The van der Waals surface area contributed by atoms with Gasteiger partial charge in [-0.15, -0.1) is 0 Å². The lowest BCUT2D eigenvalue weighted by atomic mass is 9.89. The molecule has 0 heterocycles. The first kappa shape index (κ1) is 11.5. The van der Waals surface area contributed by atoms with Crippen LogP contribution in [0.3, 0.4) is 0 Å². The molecule has 2 nitrogen and oxygen atoms in total. The minimum atomic E-state index is -0.00178. The molecule has 0 spiro atoms. The predicted octanol–water partition coefficient (Wildman–Crippen LogP) is 3.30. The molecule has 2 heteroatoms. The predicted molar refractivity (Wildman–Crippen MR) is 57.1 cm³/mol. The summed E-state index contributed by atoms with van der Waals surface area (Å²) >= 11 is 0. The maximum atomic E-state index is 11.3. The standard InChI is InChI=1S/C12H22O2/c1-2-14-12(13)10-11-8-6-4-3-5-7-9-11/h11H,2-10H2,1H3. The molecular weight excluding hydrogens is 176 g/mol. The van der Waals surface area contributed by atoms with E-state index in [0.29, 0.717) is 18.9 Å². The molecule has 0 radical (unpaired) electrons. The Bertz CT molecular complexity index is 158. The number of esters is 1. The summed E-state index contributed by atoms with van der Waals surface area (Å²) in [5.74, 6) is 0.590. The van der Waals surface area contributed by atoms with Crippen molar-refractivity contribution in [2.45, 2.75) is 58.3 Å². The maximum absolute atomic E-state index is 11.3. The van der Waals surface area contributed by atoms with Gasteiger partial charge in [0.15, 0.2) is 0 Å². The first-order chi connectivity index (χ1) is 6.83. The van der Waals surface area contributed by atoms with Crippen LogP contribution >= 0.6 is 0 Å². The third-order valence-electron chi connectivity index (χ3n) is 2.99. The Labute approximate surface area is 87.0 Å². The summed E-state index contributed by atoms with van der Waals surface area (Å²) in [4.78, 5) is 11.3. The Morgan fingerprint density at radius 2 is 1.71 bits per heavy atom. The summed E-state index contributed by atoms with van der Waals surface area (Å²) in [6.07, 6.45) is 9.75. The van der Waals surface area contributed by atoms with Crippen LogP contribution in [0.1, 0.15) is 58.3 Å². The highest BCUT2D eigenvalue weighted by Gasteiger charge is 2.15. The van der Waals surface area contributed by atoms with Gasteiger partial charge in [-0.3, -0.25) is 4.79 Å². The smallest absolute Gasteiger partial charge is 0.306 e. The van der Waals surface area contributed by atoms with Gasteiger partial charge in [-0.25, -0.2) is 0 Å². The van der Waals surface area contributed by atoms with E-state index in [2.05, 4.69) is 0 Å². The lowest BCUT2D eigenvalue weighted by molar-refractivity contribution is -0.144. The van der Waals surface area contributed by atoms with Crippen LogP contribution in [0.15, 0.2) is 0 Å². The molecule has 0 unspecified atom stereocenters. The number of carbonyl (C=O) groups excluding carboxylic acids is 1. The molecule has 1 fully saturated rings. The molecule has 14 heavy (non-hydrogen) atoms. The third-order valence-corrected chi connectivity index (χ3v) is 2.99. The SMILES string of the molecule is CCOC(=O)CC1CCCCCCC1. The van der Waals surface area contributed by atoms with E-state index in [0.717, 1.165) is 0 Å². The van der Waals surface area contributed by atoms with Crippen LogP contribution in [0.4, 0.5) is 0 Å². The highest BCUT2D eigenvalue weighted by molar-refractivity contribution is 5.69. The summed E-state index contributed by atoms with van der Waals surface area (Å²) in [6, 6.07) is 0. The monoisotopic (exact) mass is 198 g/mol. The highest BCUT2D eigenvalue weighted by atomic mass is 16.5. The van der Waals surface area contributed by atoms with Crippen molar-refractivity contribution < 1.29 is 9.53 Å². The Hall–Kier alpha value is -0.530. The van der Waals surface area contributed by atoms with E-state index in [4.69, 9.17) is 4.74 Å². The molecule has 1 aliphatic rings. The molecule has 1 saturated carbocycles. The Morgan fingerprint density at radius 3 is 2.29 bits per heavy atom. The van der Waals surface area contributed by atoms with E-state index in [1.807, 2.05) is 6.92 Å². The minimum Gasteiger partial charge on any atom is -0.466 e. The summed E-state index contributed by atoms with van der Waals surface area (Å²) < 4.78 is 4.98. The van der Waals surface area contributed by atoms with Gasteiger partial charge in [0.1, 0.15) is 0 Å². The maximum Gasteiger partial charge on any atom is 0.306 e. The molecule has 0 atom stereocenters. The molecule has 0 bridgehead atoms. The van der Waals surface area contributed by atoms with Crippen molar-refractivity contribution in [3.8, 4) is 0 Å². The van der Waals surface area contributed by atoms with Gasteiger partial charge in [0.25, 0.3) is 0 Å². The molecule has 0 aromatic heterocycles. The van der Waals surface area contributed by atoms with Crippen LogP contribution in [-0.2, 0) is 9.53 Å². The number of hydrogen-bond acceptors (Lipinski definition) is 2. The average molecular weight is 198 g/mol. The van der Waals surface area contributed by atoms with Gasteiger partial charge in [-0.1, -0.05) is 32.1 Å². The summed E-state index contributed by atoms with van der Waals surface area (Å²) in [5, 5.41) is 0. The van der Waals surface area contributed by atoms with E-state index in [1.165, 1.54) is 44.9 Å². The fourth-order valence-corrected chi connectivity index (χ4v) is 2.20. The summed E-state index contributed by atoms with van der Waals surface area (Å²) in [7, 11) is 0. The fraction of sp³-hybridized carbons (Fsp3) is 0.917. The zero-order valence-corrected chi connectivity index (χ0v) is 9.26. The lowest BCUT2D eigenvalue weighted by Crippen LogP contribution is -2.12. The van der Waals surface area contributed by atoms with Crippen LogP contribution in [0, 0.1) is 5.92 Å². The van der Waals surface area contributed by atoms with Gasteiger partial charge in [-0.05, 0) is 25.7 Å². The van der Waals surface area contributed by atoms with Crippen molar-refractivity contribution in [3.05, 3.63) is 0 Å². The zero-order chi connectivity index (χ0) is 10.2. The van der Waals surface area contributed by atoms with Crippen LogP contribution in [0.25, 0.3) is 0 Å². The average Bonchev–Trinajstić information content (AvgIpc) is 2.10. The number of ether oxygens (including phenoxy) is 1. The largest absolute Gasteiger partial charge is 0.466 e. The zero-order valence-electron chi connectivity index (χ0n) is 9.26. The second kappa shape index (κ2) is 6.86. The van der Waals surface area contributed by atoms with Crippen LogP contribution in [-0.4, -0.2) is 12.6 Å². The summed E-state index contributed by atoms with van der Waals surface area (Å²) in [5.41, 5.74) is 0. The van der Waals surface area contributed by atoms with Gasteiger partial charge in [0, 0.05) is 6.42 Å². The van der Waals surface area contributed by atoms with Crippen molar-refractivity contribution in [2.24, 2.45) is 5.92 Å². The Morgan fingerprint density at radius 1 is 1.14 bits per heavy atom. The number of rotatable bonds is 3. The van der Waals surface area contributed by atoms with Crippen LogP contribution < -0.4 is 0 Å². The van der Waals surface area contributed by atoms with Crippen molar-refractivity contribution in [3.63, 3.8) is 0 Å². The highest BCUT2D eigenvalue weighted by Crippen LogP contribution is 2.24. The van der Waals surface area contributed by atoms with Crippen molar-refractivity contribution in [1.29, 1.82) is 0 Å². The first-order valence-electron chi connectivity index (χ1n) is 5.98. The van der Waals surface area contributed by atoms with E-state index < -0.39 is 0 Å². The molecular formula is C12H22O2. The number of hydrogen-bond donors (Lipinski definition) is 0. The quantitative estimate of drug-likeness (QED) is 0.650. The van der Waals surface area contributed by atoms with Gasteiger partial charge in [-0.2, -0.15) is 0 Å². The molecule has 0 N–H and O–H groups in total. The molecule has 0 aromatic carbocycles. The van der Waals surface area contributed by atoms with Crippen molar-refractivity contribution >= 4 is 5.97 Å². The molecule has 1 rings (SSSR count). The van der Waals surface area contributed by atoms with E-state index in [-0.39, 0.29) is 5.97 Å². The second-order valence-electron chi connectivity index (χ2n) is 4.22. The molecule has 0 amide bonds. The normalized spacial score (nSPS) is 19.8. The first-order valence-corrected chi connectivity index (χ1v) is 5.98. The van der Waals surface area contributed by atoms with Gasteiger partial charge in [0.05, 0.1) is 6.61 Å². The topological polar surface area (TPSA) is 26.3 Å². The number of carbonyl (C=O) groups is 1. The van der Waals surface area contributed by atoms with Crippen LogP contribution in [0.5, 0.6) is 0 Å². The van der Waals surface area contributed by atoms with E-state index in [1.54, 1.807) is 0 Å². The second-order valence-corrected chi connectivity index (χ2v) is 4.22. The molecule has 1 aliphatic carbocycles. The molecule has 82 valence electrons. The van der Waals surface area contributed by atoms with Gasteiger partial charge >= 0.3 is 5.97 Å². The third kappa shape index (κ3) is 4.64.